The highest BCUT2D eigenvalue weighted by molar-refractivity contribution is 5.84. The van der Waals surface area contributed by atoms with E-state index < -0.39 is 0 Å². The molecule has 0 nitrogen and oxygen atoms in total. The van der Waals surface area contributed by atoms with Gasteiger partial charge in [0.2, 0.25) is 0 Å². The molecule has 0 heteroatoms. The first-order chi connectivity index (χ1) is 35.7. The topological polar surface area (TPSA) is 0 Å². The molecule has 74 heavy (non-hydrogen) atoms. The molecule has 0 aliphatic carbocycles. The van der Waals surface area contributed by atoms with E-state index in [1.807, 2.05) is 18.2 Å². The molecule has 1 unspecified atom stereocenters. The van der Waals surface area contributed by atoms with E-state index in [1.54, 1.807) is 0 Å². The van der Waals surface area contributed by atoms with Crippen molar-refractivity contribution in [1.82, 2.24) is 0 Å². The van der Waals surface area contributed by atoms with Gasteiger partial charge in [0.1, 0.15) is 0 Å². The third kappa shape index (κ3) is 13.7. The van der Waals surface area contributed by atoms with E-state index in [0.29, 0.717) is 0 Å². The lowest BCUT2D eigenvalue weighted by Crippen LogP contribution is -2.06. The second-order valence-corrected chi connectivity index (χ2v) is 19.9. The Morgan fingerprint density at radius 3 is 1.45 bits per heavy atom. The molecule has 0 aromatic heterocycles. The third-order valence-corrected chi connectivity index (χ3v) is 14.4. The molecular weight excluding hydrogens is 889 g/mol. The second kappa shape index (κ2) is 25.5. The van der Waals surface area contributed by atoms with Gasteiger partial charge in [0, 0.05) is 5.92 Å². The fraction of sp³-hybridized carbons (Fsp3) is 0.162. The Bertz CT molecular complexity index is 3520. The van der Waals surface area contributed by atoms with E-state index in [4.69, 9.17) is 0 Å². The number of benzene rings is 11. The van der Waals surface area contributed by atoms with Gasteiger partial charge in [-0.05, 0) is 166 Å². The summed E-state index contributed by atoms with van der Waals surface area (Å²) in [6.45, 7) is 10.9. The van der Waals surface area contributed by atoms with Crippen LogP contribution in [0.25, 0.3) is 43.8 Å². The molecule has 0 radical (unpaired) electrons. The molecule has 0 amide bonds. The van der Waals surface area contributed by atoms with Gasteiger partial charge in [0.25, 0.3) is 0 Å². The zero-order valence-electron chi connectivity index (χ0n) is 43.4. The monoisotopic (exact) mass is 961 g/mol. The summed E-state index contributed by atoms with van der Waals surface area (Å²) >= 11 is 0. The highest BCUT2D eigenvalue weighted by Gasteiger charge is 2.18. The normalized spacial score (nSPS) is 11.1. The van der Waals surface area contributed by atoms with Crippen molar-refractivity contribution in [2.75, 3.05) is 0 Å². The van der Waals surface area contributed by atoms with Crippen molar-refractivity contribution >= 4 is 21.5 Å². The maximum atomic E-state index is 2.46. The zero-order valence-corrected chi connectivity index (χ0v) is 43.4. The van der Waals surface area contributed by atoms with Crippen molar-refractivity contribution in [1.29, 1.82) is 0 Å². The average Bonchev–Trinajstić information content (AvgIpc) is 3.42. The van der Waals surface area contributed by atoms with Gasteiger partial charge in [-0.1, -0.05) is 273 Å². The van der Waals surface area contributed by atoms with Crippen LogP contribution in [0.15, 0.2) is 255 Å². The molecule has 0 spiro atoms. The van der Waals surface area contributed by atoms with Gasteiger partial charge < -0.3 is 0 Å². The van der Waals surface area contributed by atoms with Crippen LogP contribution in [0.5, 0.6) is 0 Å². The summed E-state index contributed by atoms with van der Waals surface area (Å²) in [6.07, 6.45) is 5.12. The van der Waals surface area contributed by atoms with Crippen LogP contribution in [0, 0.1) is 34.6 Å². The van der Waals surface area contributed by atoms with Crippen LogP contribution >= 0.6 is 0 Å². The maximum absolute atomic E-state index is 2.46. The van der Waals surface area contributed by atoms with Crippen LogP contribution in [0.1, 0.15) is 86.5 Å². The predicted molar refractivity (Wildman–Crippen MR) is 322 cm³/mol. The number of aryl methyl sites for hydroxylation is 7. The van der Waals surface area contributed by atoms with Crippen LogP contribution in [0.2, 0.25) is 0 Å². The highest BCUT2D eigenvalue weighted by atomic mass is 14.2. The van der Waals surface area contributed by atoms with E-state index in [9.17, 15) is 0 Å². The first-order valence-corrected chi connectivity index (χ1v) is 26.2. The number of fused-ring (bicyclic) bond motifs is 2. The number of hydrogen-bond donors (Lipinski definition) is 0. The second-order valence-electron chi connectivity index (χ2n) is 19.9. The van der Waals surface area contributed by atoms with E-state index in [1.165, 1.54) is 111 Å². The van der Waals surface area contributed by atoms with Gasteiger partial charge in [-0.15, -0.1) is 0 Å². The standard InChI is InChI=1S/C55H50.C11H10.C7H8.CH4/c1-39-14-7-11-22-51(39)53-35-44(26-24-40(53)2)18-13-17-42-28-30-47(31-29-42)55(50-33-32-46-19-8-9-20-48(46)38-50)37-45-27-25-41(3)54(36-45)52-23-12-10-21-49(52)34-43-15-5-4-6-16-43;1-9-6-7-10-4-2-3-5-11(10)8-9;1-7-5-3-2-4-6-7;/h4-12,14-16,19-33,35-36,38,55H,13,17-18,34,37H2,1-3H3;2-8H,1H3;2-6H,1H3;1H4. The molecule has 11 rings (SSSR count). The van der Waals surface area contributed by atoms with Crippen molar-refractivity contribution in [2.45, 2.75) is 80.1 Å². The van der Waals surface area contributed by atoms with Crippen molar-refractivity contribution in [3.05, 3.63) is 322 Å². The van der Waals surface area contributed by atoms with E-state index in [2.05, 4.69) is 271 Å². The molecular formula is C74H72. The van der Waals surface area contributed by atoms with Crippen molar-refractivity contribution in [3.63, 3.8) is 0 Å². The average molecular weight is 961 g/mol. The molecule has 11 aromatic carbocycles. The number of rotatable bonds is 12. The smallest absolute Gasteiger partial charge is 0.0130 e. The lowest BCUT2D eigenvalue weighted by molar-refractivity contribution is 0.798. The molecule has 0 N–H and O–H groups in total. The molecule has 0 saturated carbocycles. The van der Waals surface area contributed by atoms with Gasteiger partial charge >= 0.3 is 0 Å². The van der Waals surface area contributed by atoms with E-state index in [-0.39, 0.29) is 13.3 Å². The molecule has 0 fully saturated rings. The Morgan fingerprint density at radius 2 is 0.784 bits per heavy atom. The Morgan fingerprint density at radius 1 is 0.297 bits per heavy atom. The minimum atomic E-state index is 0. The molecule has 0 heterocycles. The SMILES string of the molecule is C.Cc1ccc2ccccc2c1.Cc1ccccc1.Cc1ccccc1-c1cc(CCCc2ccc(C(Cc3ccc(C)c(-c4ccccc4Cc4ccccc4)c3)c3ccc4ccccc4c3)cc2)ccc1C. The molecule has 11 aromatic rings. The summed E-state index contributed by atoms with van der Waals surface area (Å²) in [6, 6.07) is 93.1. The lowest BCUT2D eigenvalue weighted by Gasteiger charge is -2.21. The summed E-state index contributed by atoms with van der Waals surface area (Å²) in [5.41, 5.74) is 21.6. The third-order valence-electron chi connectivity index (χ3n) is 14.4. The first-order valence-electron chi connectivity index (χ1n) is 26.2. The molecule has 0 aliphatic rings. The van der Waals surface area contributed by atoms with Gasteiger partial charge in [-0.3, -0.25) is 0 Å². The van der Waals surface area contributed by atoms with Crippen LogP contribution in [0.4, 0.5) is 0 Å². The van der Waals surface area contributed by atoms with Crippen LogP contribution < -0.4 is 0 Å². The highest BCUT2D eigenvalue weighted by Crippen LogP contribution is 2.35. The van der Waals surface area contributed by atoms with Gasteiger partial charge in [-0.25, -0.2) is 0 Å². The van der Waals surface area contributed by atoms with Gasteiger partial charge in [0.05, 0.1) is 0 Å². The summed E-state index contributed by atoms with van der Waals surface area (Å²) < 4.78 is 0. The van der Waals surface area contributed by atoms with Crippen molar-refractivity contribution in [2.24, 2.45) is 0 Å². The first kappa shape index (κ1) is 52.3. The van der Waals surface area contributed by atoms with Crippen LogP contribution in [-0.4, -0.2) is 0 Å². The van der Waals surface area contributed by atoms with Gasteiger partial charge in [-0.2, -0.15) is 0 Å². The van der Waals surface area contributed by atoms with Crippen LogP contribution in [0.3, 0.4) is 0 Å². The molecule has 0 bridgehead atoms. The van der Waals surface area contributed by atoms with E-state index >= 15 is 0 Å². The van der Waals surface area contributed by atoms with Crippen molar-refractivity contribution < 1.29 is 0 Å². The summed E-state index contributed by atoms with van der Waals surface area (Å²) in [7, 11) is 0. The fourth-order valence-corrected chi connectivity index (χ4v) is 10.2. The number of hydrogen-bond acceptors (Lipinski definition) is 0. The molecule has 1 atom stereocenters. The zero-order chi connectivity index (χ0) is 50.4. The minimum absolute atomic E-state index is 0. The molecule has 368 valence electrons. The quantitative estimate of drug-likeness (QED) is 0.114. The summed E-state index contributed by atoms with van der Waals surface area (Å²) in [5.74, 6) is 0.237. The summed E-state index contributed by atoms with van der Waals surface area (Å²) in [5, 5.41) is 5.22. The molecule has 0 aliphatic heterocycles. The largest absolute Gasteiger partial charge is 0.0776 e. The molecule has 0 saturated heterocycles. The Kier molecular flexibility index (Phi) is 18.0. The van der Waals surface area contributed by atoms with Crippen molar-refractivity contribution in [3.8, 4) is 22.3 Å². The Hall–Kier alpha value is -8.06. The Labute approximate surface area is 443 Å². The fourth-order valence-electron chi connectivity index (χ4n) is 10.2. The summed E-state index contributed by atoms with van der Waals surface area (Å²) in [4.78, 5) is 0. The van der Waals surface area contributed by atoms with Gasteiger partial charge in [0.15, 0.2) is 0 Å². The predicted octanol–water partition coefficient (Wildman–Crippen LogP) is 20.0. The maximum Gasteiger partial charge on any atom is 0.0130 e. The lowest BCUT2D eigenvalue weighted by atomic mass is 9.83. The minimum Gasteiger partial charge on any atom is -0.0776 e. The van der Waals surface area contributed by atoms with E-state index in [0.717, 1.165) is 32.1 Å². The Balaban J connectivity index is 0.000000320. The van der Waals surface area contributed by atoms with Crippen LogP contribution in [-0.2, 0) is 25.7 Å².